The summed E-state index contributed by atoms with van der Waals surface area (Å²) in [5, 5.41) is 3.83. The lowest BCUT2D eigenvalue weighted by molar-refractivity contribution is -0.114. The molecular formula is C23H21ClFN5O2. The molecular weight excluding hydrogens is 433 g/mol. The maximum absolute atomic E-state index is 13.3. The van der Waals surface area contributed by atoms with Gasteiger partial charge in [-0.15, -0.1) is 12.4 Å². The van der Waals surface area contributed by atoms with Crippen LogP contribution in [0, 0.1) is 5.82 Å². The molecule has 0 radical (unpaired) electrons. The van der Waals surface area contributed by atoms with Crippen molar-refractivity contribution in [3.8, 4) is 11.3 Å². The first-order valence-corrected chi connectivity index (χ1v) is 9.68. The SMILES string of the molecule is CC(C)c1cnc(-c2ccc(F)cc2)cc1Nc1ccnc2[nH]cc(C(=O)C(N)=O)c12.Cl. The van der Waals surface area contributed by atoms with Crippen LogP contribution in [0.2, 0.25) is 0 Å². The zero-order valence-electron chi connectivity index (χ0n) is 17.3. The second-order valence-corrected chi connectivity index (χ2v) is 7.42. The summed E-state index contributed by atoms with van der Waals surface area (Å²) in [7, 11) is 0. The van der Waals surface area contributed by atoms with Crippen molar-refractivity contribution >= 4 is 46.5 Å². The van der Waals surface area contributed by atoms with Crippen LogP contribution in [0.4, 0.5) is 15.8 Å². The molecule has 0 bridgehead atoms. The minimum absolute atomic E-state index is 0. The number of pyridine rings is 2. The van der Waals surface area contributed by atoms with Gasteiger partial charge in [-0.2, -0.15) is 0 Å². The van der Waals surface area contributed by atoms with Gasteiger partial charge in [0.15, 0.2) is 0 Å². The maximum atomic E-state index is 13.3. The highest BCUT2D eigenvalue weighted by Crippen LogP contribution is 2.34. The topological polar surface area (TPSA) is 114 Å². The van der Waals surface area contributed by atoms with E-state index in [-0.39, 0.29) is 29.7 Å². The number of nitrogens with zero attached hydrogens (tertiary/aromatic N) is 2. The molecule has 3 heterocycles. The minimum atomic E-state index is -1.04. The Kier molecular flexibility index (Phi) is 6.55. The number of nitrogens with one attached hydrogen (secondary N) is 2. The van der Waals surface area contributed by atoms with E-state index in [0.717, 1.165) is 16.8 Å². The second-order valence-electron chi connectivity index (χ2n) is 7.42. The quantitative estimate of drug-likeness (QED) is 0.288. The van der Waals surface area contributed by atoms with E-state index in [1.807, 2.05) is 19.9 Å². The van der Waals surface area contributed by atoms with Crippen LogP contribution in [-0.4, -0.2) is 26.6 Å². The van der Waals surface area contributed by atoms with Crippen LogP contribution in [0.5, 0.6) is 0 Å². The zero-order valence-corrected chi connectivity index (χ0v) is 18.2. The Labute approximate surface area is 189 Å². The number of nitrogens with two attached hydrogens (primary N) is 1. The zero-order chi connectivity index (χ0) is 22.1. The van der Waals surface area contributed by atoms with Crippen LogP contribution in [0.3, 0.4) is 0 Å². The Balaban J connectivity index is 0.00000289. The molecule has 7 nitrogen and oxygen atoms in total. The molecule has 1 amide bonds. The van der Waals surface area contributed by atoms with E-state index in [2.05, 4.69) is 20.3 Å². The standard InChI is InChI=1S/C23H20FN5O2.ClH/c1-12(2)15-10-27-18(13-3-5-14(24)6-4-13)9-19(15)29-17-7-8-26-23-20(17)16(11-28-23)21(30)22(25)31;/h3-12H,1-2H3,(H2,25,31)(H2,26,27,28,29);1H. The number of aromatic amines is 1. The van der Waals surface area contributed by atoms with Gasteiger partial charge in [-0.3, -0.25) is 14.6 Å². The lowest BCUT2D eigenvalue weighted by Gasteiger charge is -2.17. The van der Waals surface area contributed by atoms with Crippen LogP contribution < -0.4 is 11.1 Å². The van der Waals surface area contributed by atoms with Crippen LogP contribution in [0.1, 0.15) is 35.7 Å². The Hall–Kier alpha value is -3.78. The lowest BCUT2D eigenvalue weighted by atomic mass is 10.0. The summed E-state index contributed by atoms with van der Waals surface area (Å²) in [5.74, 6) is -2.00. The number of benzene rings is 1. The van der Waals surface area contributed by atoms with Gasteiger partial charge < -0.3 is 16.0 Å². The number of halogens is 2. The molecule has 164 valence electrons. The highest BCUT2D eigenvalue weighted by Gasteiger charge is 2.21. The van der Waals surface area contributed by atoms with Gasteiger partial charge in [-0.1, -0.05) is 13.8 Å². The first-order valence-electron chi connectivity index (χ1n) is 9.68. The van der Waals surface area contributed by atoms with Gasteiger partial charge in [0.2, 0.25) is 0 Å². The third-order valence-electron chi connectivity index (χ3n) is 5.01. The molecule has 9 heteroatoms. The number of hydrogen-bond donors (Lipinski definition) is 3. The Morgan fingerprint density at radius 3 is 2.47 bits per heavy atom. The largest absolute Gasteiger partial charge is 0.363 e. The molecule has 0 aliphatic heterocycles. The normalized spacial score (nSPS) is 10.8. The first kappa shape index (κ1) is 22.9. The molecule has 4 aromatic rings. The smallest absolute Gasteiger partial charge is 0.289 e. The number of carbonyl (C=O) groups is 2. The van der Waals surface area contributed by atoms with Crippen molar-refractivity contribution < 1.29 is 14.0 Å². The molecule has 0 aliphatic rings. The van der Waals surface area contributed by atoms with E-state index in [0.29, 0.717) is 22.4 Å². The molecule has 4 N–H and O–H groups in total. The highest BCUT2D eigenvalue weighted by atomic mass is 35.5. The van der Waals surface area contributed by atoms with E-state index in [9.17, 15) is 14.0 Å². The van der Waals surface area contributed by atoms with Gasteiger partial charge in [0.1, 0.15) is 11.5 Å². The third kappa shape index (κ3) is 4.31. The molecule has 0 aliphatic carbocycles. The summed E-state index contributed by atoms with van der Waals surface area (Å²) < 4.78 is 13.3. The number of amides is 1. The van der Waals surface area contributed by atoms with Crippen molar-refractivity contribution in [2.24, 2.45) is 5.73 Å². The molecule has 0 unspecified atom stereocenters. The molecule has 4 rings (SSSR count). The molecule has 0 saturated carbocycles. The van der Waals surface area contributed by atoms with Crippen molar-refractivity contribution in [2.45, 2.75) is 19.8 Å². The van der Waals surface area contributed by atoms with Gasteiger partial charge in [-0.25, -0.2) is 9.37 Å². The molecule has 0 fully saturated rings. The van der Waals surface area contributed by atoms with Gasteiger partial charge in [-0.05, 0) is 47.9 Å². The average Bonchev–Trinajstić information content (AvgIpc) is 3.18. The molecule has 32 heavy (non-hydrogen) atoms. The Morgan fingerprint density at radius 1 is 1.09 bits per heavy atom. The number of carbonyl (C=O) groups excluding carboxylic acids is 2. The molecule has 3 aromatic heterocycles. The van der Waals surface area contributed by atoms with Crippen molar-refractivity contribution in [1.29, 1.82) is 0 Å². The van der Waals surface area contributed by atoms with Crippen LogP contribution in [0.25, 0.3) is 22.3 Å². The number of aromatic nitrogens is 3. The van der Waals surface area contributed by atoms with Gasteiger partial charge in [0, 0.05) is 29.8 Å². The number of hydrogen-bond acceptors (Lipinski definition) is 5. The van der Waals surface area contributed by atoms with E-state index in [4.69, 9.17) is 5.73 Å². The number of fused-ring (bicyclic) bond motifs is 1. The number of Topliss-reactive ketones (excluding diaryl/α,β-unsaturated/α-hetero) is 1. The summed E-state index contributed by atoms with van der Waals surface area (Å²) in [6.45, 7) is 4.08. The maximum Gasteiger partial charge on any atom is 0.289 e. The monoisotopic (exact) mass is 453 g/mol. The van der Waals surface area contributed by atoms with Crippen LogP contribution in [0.15, 0.2) is 55.0 Å². The number of H-pyrrole nitrogens is 1. The molecule has 1 aromatic carbocycles. The summed E-state index contributed by atoms with van der Waals surface area (Å²) in [5.41, 5.74) is 9.56. The average molecular weight is 454 g/mol. The fraction of sp³-hybridized carbons (Fsp3) is 0.130. The number of ketones is 1. The summed E-state index contributed by atoms with van der Waals surface area (Å²) >= 11 is 0. The fourth-order valence-electron chi connectivity index (χ4n) is 3.43. The molecule has 0 saturated heterocycles. The third-order valence-corrected chi connectivity index (χ3v) is 5.01. The van der Waals surface area contributed by atoms with Gasteiger partial charge >= 0.3 is 0 Å². The summed E-state index contributed by atoms with van der Waals surface area (Å²) in [6, 6.07) is 9.68. The highest BCUT2D eigenvalue weighted by molar-refractivity contribution is 6.44. The number of rotatable bonds is 6. The predicted octanol–water partition coefficient (Wildman–Crippen LogP) is 4.72. The van der Waals surface area contributed by atoms with Gasteiger partial charge in [0.25, 0.3) is 11.7 Å². The first-order chi connectivity index (χ1) is 14.8. The summed E-state index contributed by atoms with van der Waals surface area (Å²) in [4.78, 5) is 35.4. The number of anilines is 2. The van der Waals surface area contributed by atoms with Crippen molar-refractivity contribution in [3.05, 3.63) is 71.9 Å². The van der Waals surface area contributed by atoms with Crippen molar-refractivity contribution in [2.75, 3.05) is 5.32 Å². The van der Waals surface area contributed by atoms with E-state index in [1.165, 1.54) is 18.3 Å². The Morgan fingerprint density at radius 2 is 1.81 bits per heavy atom. The predicted molar refractivity (Wildman–Crippen MR) is 124 cm³/mol. The second kappa shape index (κ2) is 9.15. The van der Waals surface area contributed by atoms with Crippen LogP contribution in [-0.2, 0) is 4.79 Å². The molecule has 0 spiro atoms. The fourth-order valence-corrected chi connectivity index (χ4v) is 3.43. The van der Waals surface area contributed by atoms with Gasteiger partial charge in [0.05, 0.1) is 22.3 Å². The minimum Gasteiger partial charge on any atom is -0.363 e. The number of primary amides is 1. The Bertz CT molecular complexity index is 1300. The van der Waals surface area contributed by atoms with E-state index in [1.54, 1.807) is 30.6 Å². The molecule has 0 atom stereocenters. The van der Waals surface area contributed by atoms with Crippen LogP contribution >= 0.6 is 12.4 Å². The van der Waals surface area contributed by atoms with Crippen molar-refractivity contribution in [1.82, 2.24) is 15.0 Å². The van der Waals surface area contributed by atoms with E-state index >= 15 is 0 Å². The summed E-state index contributed by atoms with van der Waals surface area (Å²) in [6.07, 6.45) is 4.79. The van der Waals surface area contributed by atoms with Crippen molar-refractivity contribution in [3.63, 3.8) is 0 Å². The van der Waals surface area contributed by atoms with E-state index < -0.39 is 11.7 Å². The lowest BCUT2D eigenvalue weighted by Crippen LogP contribution is -2.22.